The maximum Gasteiger partial charge on any atom is 0.146 e. The Balaban J connectivity index is 2.65. The minimum atomic E-state index is -1.56. The Kier molecular flexibility index (Phi) is 4.80. The molecule has 112 valence electrons. The van der Waals surface area contributed by atoms with Crippen LogP contribution in [0.2, 0.25) is 0 Å². The van der Waals surface area contributed by atoms with E-state index in [2.05, 4.69) is 15.9 Å². The van der Waals surface area contributed by atoms with E-state index in [-0.39, 0.29) is 21.5 Å². The molecular weight excluding hydrogens is 346 g/mol. The highest BCUT2D eigenvalue weighted by molar-refractivity contribution is 9.10. The smallest absolute Gasteiger partial charge is 0.146 e. The van der Waals surface area contributed by atoms with E-state index in [1.807, 2.05) is 0 Å². The van der Waals surface area contributed by atoms with Crippen LogP contribution in [0.3, 0.4) is 0 Å². The fourth-order valence-electron chi connectivity index (χ4n) is 2.09. The van der Waals surface area contributed by atoms with Gasteiger partial charge in [-0.1, -0.05) is 6.07 Å². The van der Waals surface area contributed by atoms with Crippen LogP contribution >= 0.6 is 15.9 Å². The van der Waals surface area contributed by atoms with Crippen LogP contribution in [0.15, 0.2) is 34.8 Å². The van der Waals surface area contributed by atoms with Crippen LogP contribution < -0.4 is 9.47 Å². The summed E-state index contributed by atoms with van der Waals surface area (Å²) < 4.78 is 38.4. The number of benzene rings is 2. The van der Waals surface area contributed by atoms with E-state index >= 15 is 0 Å². The lowest BCUT2D eigenvalue weighted by molar-refractivity contribution is 0.198. The van der Waals surface area contributed by atoms with Crippen molar-refractivity contribution < 1.29 is 23.4 Å². The molecule has 21 heavy (non-hydrogen) atoms. The summed E-state index contributed by atoms with van der Waals surface area (Å²) in [6.45, 7) is 0. The van der Waals surface area contributed by atoms with Gasteiger partial charge in [0.05, 0.1) is 29.8 Å². The van der Waals surface area contributed by atoms with Crippen molar-refractivity contribution in [2.24, 2.45) is 0 Å². The monoisotopic (exact) mass is 358 g/mol. The summed E-state index contributed by atoms with van der Waals surface area (Å²) in [5, 5.41) is 10.4. The molecule has 2 aromatic carbocycles. The van der Waals surface area contributed by atoms with Crippen LogP contribution in [0.1, 0.15) is 17.2 Å². The molecule has 0 fully saturated rings. The van der Waals surface area contributed by atoms with Crippen molar-refractivity contribution in [2.75, 3.05) is 14.2 Å². The number of hydrogen-bond donors (Lipinski definition) is 1. The van der Waals surface area contributed by atoms with Gasteiger partial charge >= 0.3 is 0 Å². The zero-order valence-electron chi connectivity index (χ0n) is 11.4. The molecule has 0 aliphatic carbocycles. The van der Waals surface area contributed by atoms with Crippen LogP contribution in [-0.2, 0) is 0 Å². The first kappa shape index (κ1) is 15.7. The van der Waals surface area contributed by atoms with Gasteiger partial charge in [0.1, 0.15) is 29.2 Å². The molecule has 2 rings (SSSR count). The Hall–Kier alpha value is -1.66. The lowest BCUT2D eigenvalue weighted by Gasteiger charge is -2.19. The summed E-state index contributed by atoms with van der Waals surface area (Å²) in [6.07, 6.45) is -1.56. The maximum atomic E-state index is 14.1. The quantitative estimate of drug-likeness (QED) is 0.844. The standard InChI is InChI=1S/C15H13BrF2O3/c1-20-10-4-3-5-11(21-2)13(10)15(19)12-9(17)7-6-8(16)14(12)18/h3-7,15,19H,1-2H3. The van der Waals surface area contributed by atoms with E-state index in [1.165, 1.54) is 20.3 Å². The third kappa shape index (κ3) is 2.87. The highest BCUT2D eigenvalue weighted by atomic mass is 79.9. The number of aliphatic hydroxyl groups is 1. The lowest BCUT2D eigenvalue weighted by Crippen LogP contribution is -2.09. The zero-order chi connectivity index (χ0) is 15.6. The van der Waals surface area contributed by atoms with Crippen LogP contribution in [0.5, 0.6) is 11.5 Å². The second kappa shape index (κ2) is 6.41. The summed E-state index contributed by atoms with van der Waals surface area (Å²) in [4.78, 5) is 0. The van der Waals surface area contributed by atoms with Gasteiger partial charge in [0, 0.05) is 0 Å². The molecule has 0 heterocycles. The molecule has 0 saturated carbocycles. The predicted octanol–water partition coefficient (Wildman–Crippen LogP) is 3.83. The average Bonchev–Trinajstić information content (AvgIpc) is 2.50. The third-order valence-corrected chi connectivity index (χ3v) is 3.70. The molecule has 0 saturated heterocycles. The normalized spacial score (nSPS) is 12.1. The summed E-state index contributed by atoms with van der Waals surface area (Å²) in [5.41, 5.74) is -0.300. The minimum Gasteiger partial charge on any atom is -0.496 e. The van der Waals surface area contributed by atoms with Crippen molar-refractivity contribution in [2.45, 2.75) is 6.10 Å². The van der Waals surface area contributed by atoms with Gasteiger partial charge in [-0.15, -0.1) is 0 Å². The first-order chi connectivity index (χ1) is 10.0. The van der Waals surface area contributed by atoms with Crippen molar-refractivity contribution in [1.29, 1.82) is 0 Å². The van der Waals surface area contributed by atoms with E-state index in [1.54, 1.807) is 18.2 Å². The van der Waals surface area contributed by atoms with Crippen molar-refractivity contribution >= 4 is 15.9 Å². The number of aliphatic hydroxyl groups excluding tert-OH is 1. The van der Waals surface area contributed by atoms with Crippen molar-refractivity contribution in [1.82, 2.24) is 0 Å². The number of hydrogen-bond acceptors (Lipinski definition) is 3. The molecule has 6 heteroatoms. The molecule has 0 aliphatic rings. The first-order valence-electron chi connectivity index (χ1n) is 6.03. The van der Waals surface area contributed by atoms with Crippen LogP contribution in [0.4, 0.5) is 8.78 Å². The van der Waals surface area contributed by atoms with E-state index in [0.29, 0.717) is 0 Å². The van der Waals surface area contributed by atoms with E-state index in [9.17, 15) is 13.9 Å². The van der Waals surface area contributed by atoms with Gasteiger partial charge in [-0.2, -0.15) is 0 Å². The Morgan fingerprint density at radius 3 is 2.10 bits per heavy atom. The number of rotatable bonds is 4. The van der Waals surface area contributed by atoms with Gasteiger partial charge < -0.3 is 14.6 Å². The topological polar surface area (TPSA) is 38.7 Å². The first-order valence-corrected chi connectivity index (χ1v) is 6.82. The maximum absolute atomic E-state index is 14.1. The highest BCUT2D eigenvalue weighted by Crippen LogP contribution is 2.39. The number of ether oxygens (including phenoxy) is 2. The summed E-state index contributed by atoms with van der Waals surface area (Å²) in [6, 6.07) is 7.12. The average molecular weight is 359 g/mol. The molecule has 0 spiro atoms. The molecule has 2 aromatic rings. The summed E-state index contributed by atoms with van der Waals surface area (Å²) in [5.74, 6) is -1.16. The van der Waals surface area contributed by atoms with Crippen LogP contribution in [-0.4, -0.2) is 19.3 Å². The molecule has 0 radical (unpaired) electrons. The molecule has 1 unspecified atom stereocenters. The third-order valence-electron chi connectivity index (χ3n) is 3.09. The zero-order valence-corrected chi connectivity index (χ0v) is 12.9. The second-order valence-electron chi connectivity index (χ2n) is 4.24. The Labute approximate surface area is 129 Å². The molecule has 1 atom stereocenters. The molecular formula is C15H13BrF2O3. The molecule has 0 aliphatic heterocycles. The van der Waals surface area contributed by atoms with E-state index in [4.69, 9.17) is 9.47 Å². The fraction of sp³-hybridized carbons (Fsp3) is 0.200. The van der Waals surface area contributed by atoms with Gasteiger partial charge in [-0.25, -0.2) is 8.78 Å². The van der Waals surface area contributed by atoms with Crippen LogP contribution in [0.25, 0.3) is 0 Å². The van der Waals surface area contributed by atoms with Gasteiger partial charge in [-0.3, -0.25) is 0 Å². The van der Waals surface area contributed by atoms with Crippen molar-refractivity contribution in [3.8, 4) is 11.5 Å². The minimum absolute atomic E-state index is 0.0619. The van der Waals surface area contributed by atoms with Gasteiger partial charge in [0.15, 0.2) is 0 Å². The van der Waals surface area contributed by atoms with Gasteiger partial charge in [0.25, 0.3) is 0 Å². The second-order valence-corrected chi connectivity index (χ2v) is 5.09. The Morgan fingerprint density at radius 1 is 1.00 bits per heavy atom. The molecule has 0 aromatic heterocycles. The summed E-state index contributed by atoms with van der Waals surface area (Å²) >= 11 is 2.98. The number of methoxy groups -OCH3 is 2. The van der Waals surface area contributed by atoms with Crippen LogP contribution in [0, 0.1) is 11.6 Å². The SMILES string of the molecule is COc1cccc(OC)c1C(O)c1c(F)ccc(Br)c1F. The van der Waals surface area contributed by atoms with E-state index < -0.39 is 23.3 Å². The fourth-order valence-corrected chi connectivity index (χ4v) is 2.43. The molecule has 0 bridgehead atoms. The highest BCUT2D eigenvalue weighted by Gasteiger charge is 2.27. The largest absolute Gasteiger partial charge is 0.496 e. The Bertz CT molecular complexity index is 639. The molecule has 1 N–H and O–H groups in total. The van der Waals surface area contributed by atoms with Gasteiger partial charge in [0.2, 0.25) is 0 Å². The molecule has 0 amide bonds. The summed E-state index contributed by atoms with van der Waals surface area (Å²) in [7, 11) is 2.80. The van der Waals surface area contributed by atoms with Crippen molar-refractivity contribution in [3.05, 3.63) is 57.6 Å². The predicted molar refractivity (Wildman–Crippen MR) is 77.7 cm³/mol. The molecule has 3 nitrogen and oxygen atoms in total. The number of halogens is 3. The lowest BCUT2D eigenvalue weighted by atomic mass is 9.98. The van der Waals surface area contributed by atoms with Crippen molar-refractivity contribution in [3.63, 3.8) is 0 Å². The Morgan fingerprint density at radius 2 is 1.57 bits per heavy atom. The van der Waals surface area contributed by atoms with E-state index in [0.717, 1.165) is 6.07 Å². The van der Waals surface area contributed by atoms with Gasteiger partial charge in [-0.05, 0) is 40.2 Å².